The van der Waals surface area contributed by atoms with Gasteiger partial charge in [0.2, 0.25) is 0 Å². The predicted octanol–water partition coefficient (Wildman–Crippen LogP) is 3.68. The summed E-state index contributed by atoms with van der Waals surface area (Å²) in [5.41, 5.74) is 0.613. The van der Waals surface area contributed by atoms with E-state index in [1.54, 1.807) is 17.0 Å². The summed E-state index contributed by atoms with van der Waals surface area (Å²) < 4.78 is 6.54. The monoisotopic (exact) mass is 403 g/mol. The molecule has 2 amide bonds. The first kappa shape index (κ1) is 18.5. The maximum absolute atomic E-state index is 12.6. The number of likely N-dealkylation sites (N-methyl/N-ethyl adjacent to an activating group) is 1. The van der Waals surface area contributed by atoms with Crippen molar-refractivity contribution in [3.8, 4) is 0 Å². The Morgan fingerprint density at radius 2 is 2.22 bits per heavy atom. The van der Waals surface area contributed by atoms with Crippen molar-refractivity contribution in [3.63, 3.8) is 0 Å². The van der Waals surface area contributed by atoms with Gasteiger partial charge in [0.15, 0.2) is 0 Å². The van der Waals surface area contributed by atoms with E-state index in [0.29, 0.717) is 23.8 Å². The summed E-state index contributed by atoms with van der Waals surface area (Å²) in [5.74, 6) is 0. The minimum Gasteiger partial charge on any atom is -0.376 e. The summed E-state index contributed by atoms with van der Waals surface area (Å²) in [6, 6.07) is 5.26. The van der Waals surface area contributed by atoms with Crippen molar-refractivity contribution in [1.82, 2.24) is 9.80 Å². The molecule has 0 saturated carbocycles. The molecule has 7 heteroatoms. The number of ether oxygens (including phenoxy) is 1. The van der Waals surface area contributed by atoms with E-state index in [-0.39, 0.29) is 12.1 Å². The Balaban J connectivity index is 2.01. The third-order valence-corrected chi connectivity index (χ3v) is 4.53. The summed E-state index contributed by atoms with van der Waals surface area (Å²) in [6.45, 7) is 2.83. The standard InChI is InChI=1S/C16H23BrClN3O2/c1-20(2)7-8-21(11-13-4-3-9-23-13)16(22)19-15-6-5-12(17)10-14(15)18/h5-6,10,13H,3-4,7-9,11H2,1-2H3,(H,19,22). The van der Waals surface area contributed by atoms with Crippen LogP contribution < -0.4 is 5.32 Å². The van der Waals surface area contributed by atoms with Crippen LogP contribution in [0.25, 0.3) is 0 Å². The number of halogens is 2. The lowest BCUT2D eigenvalue weighted by molar-refractivity contribution is 0.0820. The number of benzene rings is 1. The van der Waals surface area contributed by atoms with Gasteiger partial charge in [-0.2, -0.15) is 0 Å². The summed E-state index contributed by atoms with van der Waals surface area (Å²) in [7, 11) is 3.99. The van der Waals surface area contributed by atoms with Crippen LogP contribution in [0.15, 0.2) is 22.7 Å². The average molecular weight is 405 g/mol. The maximum Gasteiger partial charge on any atom is 0.322 e. The van der Waals surface area contributed by atoms with Crippen molar-refractivity contribution in [2.45, 2.75) is 18.9 Å². The number of urea groups is 1. The molecule has 23 heavy (non-hydrogen) atoms. The van der Waals surface area contributed by atoms with E-state index in [9.17, 15) is 4.79 Å². The van der Waals surface area contributed by atoms with Crippen molar-refractivity contribution in [2.75, 3.05) is 45.7 Å². The van der Waals surface area contributed by atoms with E-state index in [1.165, 1.54) is 0 Å². The van der Waals surface area contributed by atoms with Gasteiger partial charge in [-0.05, 0) is 45.1 Å². The normalized spacial score (nSPS) is 17.5. The molecule has 0 radical (unpaired) electrons. The van der Waals surface area contributed by atoms with Gasteiger partial charge in [-0.1, -0.05) is 27.5 Å². The van der Waals surface area contributed by atoms with E-state index in [2.05, 4.69) is 26.1 Å². The second-order valence-electron chi connectivity index (χ2n) is 5.94. The van der Waals surface area contributed by atoms with Gasteiger partial charge < -0.3 is 19.9 Å². The smallest absolute Gasteiger partial charge is 0.322 e. The molecule has 1 aromatic rings. The molecule has 0 aromatic heterocycles. The highest BCUT2D eigenvalue weighted by atomic mass is 79.9. The highest BCUT2D eigenvalue weighted by Gasteiger charge is 2.23. The van der Waals surface area contributed by atoms with Crippen LogP contribution in [0, 0.1) is 0 Å². The Morgan fingerprint density at radius 3 is 2.83 bits per heavy atom. The van der Waals surface area contributed by atoms with Gasteiger partial charge >= 0.3 is 6.03 Å². The molecule has 1 fully saturated rings. The number of carbonyl (C=O) groups is 1. The van der Waals surface area contributed by atoms with Gasteiger partial charge in [-0.3, -0.25) is 0 Å². The van der Waals surface area contributed by atoms with Crippen LogP contribution in [0.2, 0.25) is 5.02 Å². The van der Waals surface area contributed by atoms with E-state index in [4.69, 9.17) is 16.3 Å². The minimum atomic E-state index is -0.147. The Kier molecular flexibility index (Phi) is 7.14. The zero-order chi connectivity index (χ0) is 16.8. The van der Waals surface area contributed by atoms with Gasteiger partial charge in [-0.25, -0.2) is 4.79 Å². The first-order valence-corrected chi connectivity index (χ1v) is 8.90. The third-order valence-electron chi connectivity index (χ3n) is 3.73. The molecule has 1 atom stereocenters. The number of anilines is 1. The Bertz CT molecular complexity index is 536. The average Bonchev–Trinajstić information content (AvgIpc) is 2.99. The predicted molar refractivity (Wildman–Crippen MR) is 97.3 cm³/mol. The summed E-state index contributed by atoms with van der Waals surface area (Å²) in [4.78, 5) is 16.5. The van der Waals surface area contributed by atoms with E-state index >= 15 is 0 Å². The lowest BCUT2D eigenvalue weighted by Crippen LogP contribution is -2.43. The van der Waals surface area contributed by atoms with Gasteiger partial charge in [0.25, 0.3) is 0 Å². The lowest BCUT2D eigenvalue weighted by Gasteiger charge is -2.27. The van der Waals surface area contributed by atoms with E-state index in [0.717, 1.165) is 30.5 Å². The molecule has 0 aliphatic carbocycles. The Hall–Kier alpha value is -0.820. The molecular formula is C16H23BrClN3O2. The molecule has 1 unspecified atom stereocenters. The Labute approximate surface area is 151 Å². The number of nitrogens with one attached hydrogen (secondary N) is 1. The first-order valence-electron chi connectivity index (χ1n) is 7.73. The molecule has 2 rings (SSSR count). The van der Waals surface area contributed by atoms with E-state index in [1.807, 2.05) is 20.2 Å². The fraction of sp³-hybridized carbons (Fsp3) is 0.562. The van der Waals surface area contributed by atoms with Gasteiger partial charge in [0.1, 0.15) is 0 Å². The molecule has 0 bridgehead atoms. The minimum absolute atomic E-state index is 0.128. The highest BCUT2D eigenvalue weighted by molar-refractivity contribution is 9.10. The van der Waals surface area contributed by atoms with Gasteiger partial charge in [0.05, 0.1) is 16.8 Å². The first-order chi connectivity index (χ1) is 11.0. The number of nitrogens with zero attached hydrogens (tertiary/aromatic N) is 2. The van der Waals surface area contributed by atoms with Crippen molar-refractivity contribution in [3.05, 3.63) is 27.7 Å². The topological polar surface area (TPSA) is 44.8 Å². The fourth-order valence-corrected chi connectivity index (χ4v) is 3.14. The lowest BCUT2D eigenvalue weighted by atomic mass is 10.2. The quantitative estimate of drug-likeness (QED) is 0.786. The second-order valence-corrected chi connectivity index (χ2v) is 7.26. The second kappa shape index (κ2) is 8.87. The number of hydrogen-bond donors (Lipinski definition) is 1. The largest absolute Gasteiger partial charge is 0.376 e. The molecule has 1 aromatic carbocycles. The summed E-state index contributed by atoms with van der Waals surface area (Å²) in [6.07, 6.45) is 2.19. The molecule has 1 saturated heterocycles. The molecular weight excluding hydrogens is 382 g/mol. The highest BCUT2D eigenvalue weighted by Crippen LogP contribution is 2.26. The zero-order valence-corrected chi connectivity index (χ0v) is 15.9. The number of hydrogen-bond acceptors (Lipinski definition) is 3. The SMILES string of the molecule is CN(C)CCN(CC1CCCO1)C(=O)Nc1ccc(Br)cc1Cl. The van der Waals surface area contributed by atoms with Crippen molar-refractivity contribution in [1.29, 1.82) is 0 Å². The van der Waals surface area contributed by atoms with E-state index < -0.39 is 0 Å². The van der Waals surface area contributed by atoms with Crippen LogP contribution in [-0.4, -0.2) is 62.3 Å². The third kappa shape index (κ3) is 5.95. The Morgan fingerprint density at radius 1 is 1.43 bits per heavy atom. The van der Waals surface area contributed by atoms with Crippen LogP contribution in [-0.2, 0) is 4.74 Å². The molecule has 128 valence electrons. The van der Waals surface area contributed by atoms with Crippen molar-refractivity contribution >= 4 is 39.2 Å². The van der Waals surface area contributed by atoms with Crippen LogP contribution in [0.5, 0.6) is 0 Å². The number of amides is 2. The van der Waals surface area contributed by atoms with Crippen LogP contribution in [0.1, 0.15) is 12.8 Å². The van der Waals surface area contributed by atoms with Gasteiger partial charge in [0, 0.05) is 30.7 Å². The van der Waals surface area contributed by atoms with Crippen LogP contribution >= 0.6 is 27.5 Å². The van der Waals surface area contributed by atoms with Crippen LogP contribution in [0.3, 0.4) is 0 Å². The summed E-state index contributed by atoms with van der Waals surface area (Å²) >= 11 is 9.54. The molecule has 1 heterocycles. The molecule has 1 N–H and O–H groups in total. The van der Waals surface area contributed by atoms with Crippen molar-refractivity contribution in [2.24, 2.45) is 0 Å². The molecule has 1 aliphatic rings. The van der Waals surface area contributed by atoms with Crippen LogP contribution in [0.4, 0.5) is 10.5 Å². The fourth-order valence-electron chi connectivity index (χ4n) is 2.42. The maximum atomic E-state index is 12.6. The number of rotatable bonds is 6. The molecule has 0 spiro atoms. The molecule has 5 nitrogen and oxygen atoms in total. The van der Waals surface area contributed by atoms with Crippen molar-refractivity contribution < 1.29 is 9.53 Å². The zero-order valence-electron chi connectivity index (χ0n) is 13.5. The molecule has 1 aliphatic heterocycles. The summed E-state index contributed by atoms with van der Waals surface area (Å²) in [5, 5.41) is 3.41. The number of carbonyl (C=O) groups excluding carboxylic acids is 1. The van der Waals surface area contributed by atoms with Gasteiger partial charge in [-0.15, -0.1) is 0 Å².